The molecule has 34 heavy (non-hydrogen) atoms. The van der Waals surface area contributed by atoms with E-state index < -0.39 is 0 Å². The highest BCUT2D eigenvalue weighted by Gasteiger charge is 2.21. The van der Waals surface area contributed by atoms with Crippen molar-refractivity contribution in [2.24, 2.45) is 0 Å². The van der Waals surface area contributed by atoms with E-state index in [4.69, 9.17) is 0 Å². The second-order valence-electron chi connectivity index (χ2n) is 8.95. The van der Waals surface area contributed by atoms with Gasteiger partial charge in [-0.15, -0.1) is 0 Å². The van der Waals surface area contributed by atoms with Gasteiger partial charge in [-0.05, 0) is 58.0 Å². The number of hydrogen-bond donors (Lipinski definition) is 1. The Balaban J connectivity index is 1.30. The molecule has 7 heteroatoms. The van der Waals surface area contributed by atoms with Gasteiger partial charge in [-0.3, -0.25) is 9.59 Å². The molecule has 2 amide bonds. The number of amides is 2. The van der Waals surface area contributed by atoms with Gasteiger partial charge in [-0.1, -0.05) is 35.9 Å². The van der Waals surface area contributed by atoms with E-state index in [0.717, 1.165) is 59.9 Å². The lowest BCUT2D eigenvalue weighted by atomic mass is 10.1. The molecule has 1 saturated heterocycles. The molecule has 2 heterocycles. The summed E-state index contributed by atoms with van der Waals surface area (Å²) in [6, 6.07) is 17.7. The number of nitrogens with one attached hydrogen (secondary N) is 1. The largest absolute Gasteiger partial charge is 0.337 e. The number of benzene rings is 2. The van der Waals surface area contributed by atoms with Crippen molar-refractivity contribution in [1.29, 1.82) is 0 Å². The Labute approximate surface area is 201 Å². The lowest BCUT2D eigenvalue weighted by Gasteiger charge is -2.22. The molecule has 3 aromatic rings. The maximum atomic E-state index is 12.9. The predicted octanol–water partition coefficient (Wildman–Crippen LogP) is 3.97. The second-order valence-corrected chi connectivity index (χ2v) is 8.95. The van der Waals surface area contributed by atoms with Gasteiger partial charge in [0.25, 0.3) is 5.91 Å². The standard InChI is InChI=1S/C27H33N5O2/c1-20-9-7-10-23(19-20)27(34)31-15-8-14-30(17-18-31)16-13-25(33)28-26-21(2)29-32(22(26)3)24-11-5-4-6-12-24/h4-7,9-12,19H,8,13-18H2,1-3H3,(H,28,33). The molecule has 1 fully saturated rings. The Morgan fingerprint density at radius 2 is 1.74 bits per heavy atom. The van der Waals surface area contributed by atoms with Crippen LogP contribution in [0.3, 0.4) is 0 Å². The van der Waals surface area contributed by atoms with Crippen molar-refractivity contribution in [2.75, 3.05) is 38.0 Å². The smallest absolute Gasteiger partial charge is 0.253 e. The third-order valence-electron chi connectivity index (χ3n) is 6.35. The van der Waals surface area contributed by atoms with Crippen LogP contribution in [-0.4, -0.2) is 64.1 Å². The summed E-state index contributed by atoms with van der Waals surface area (Å²) in [4.78, 5) is 29.8. The molecule has 0 bridgehead atoms. The lowest BCUT2D eigenvalue weighted by molar-refractivity contribution is -0.116. The first kappa shape index (κ1) is 23.7. The molecule has 1 aromatic heterocycles. The number of carbonyl (C=O) groups is 2. The van der Waals surface area contributed by atoms with Crippen molar-refractivity contribution in [3.8, 4) is 5.69 Å². The van der Waals surface area contributed by atoms with Gasteiger partial charge < -0.3 is 15.1 Å². The van der Waals surface area contributed by atoms with Crippen molar-refractivity contribution in [3.63, 3.8) is 0 Å². The van der Waals surface area contributed by atoms with E-state index >= 15 is 0 Å². The number of aromatic nitrogens is 2. The number of carbonyl (C=O) groups excluding carboxylic acids is 2. The molecule has 1 aliphatic rings. The Morgan fingerprint density at radius 1 is 0.941 bits per heavy atom. The summed E-state index contributed by atoms with van der Waals surface area (Å²) in [5.74, 6) is 0.0698. The van der Waals surface area contributed by atoms with E-state index in [1.807, 2.05) is 85.0 Å². The highest BCUT2D eigenvalue weighted by Crippen LogP contribution is 2.23. The van der Waals surface area contributed by atoms with Crippen LogP contribution in [0.15, 0.2) is 54.6 Å². The third-order valence-corrected chi connectivity index (χ3v) is 6.35. The quantitative estimate of drug-likeness (QED) is 0.606. The van der Waals surface area contributed by atoms with Gasteiger partial charge in [0.05, 0.1) is 22.8 Å². The van der Waals surface area contributed by atoms with Crippen LogP contribution in [0.1, 0.15) is 40.2 Å². The molecular weight excluding hydrogens is 426 g/mol. The van der Waals surface area contributed by atoms with Crippen molar-refractivity contribution in [2.45, 2.75) is 33.6 Å². The monoisotopic (exact) mass is 459 g/mol. The molecule has 0 radical (unpaired) electrons. The van der Waals surface area contributed by atoms with Crippen LogP contribution in [0, 0.1) is 20.8 Å². The first-order valence-corrected chi connectivity index (χ1v) is 11.9. The number of aryl methyl sites for hydroxylation is 2. The zero-order chi connectivity index (χ0) is 24.1. The van der Waals surface area contributed by atoms with E-state index in [-0.39, 0.29) is 11.8 Å². The normalized spacial score (nSPS) is 14.6. The van der Waals surface area contributed by atoms with Crippen LogP contribution in [0.25, 0.3) is 5.69 Å². The van der Waals surface area contributed by atoms with Crippen LogP contribution in [-0.2, 0) is 4.79 Å². The van der Waals surface area contributed by atoms with E-state index in [2.05, 4.69) is 15.3 Å². The van der Waals surface area contributed by atoms with Gasteiger partial charge in [-0.2, -0.15) is 5.10 Å². The van der Waals surface area contributed by atoms with Gasteiger partial charge in [0, 0.05) is 38.2 Å². The van der Waals surface area contributed by atoms with Crippen LogP contribution >= 0.6 is 0 Å². The Bertz CT molecular complexity index is 1160. The summed E-state index contributed by atoms with van der Waals surface area (Å²) < 4.78 is 1.86. The van der Waals surface area contributed by atoms with Crippen LogP contribution in [0.5, 0.6) is 0 Å². The highest BCUT2D eigenvalue weighted by molar-refractivity contribution is 5.94. The number of rotatable bonds is 6. The fraction of sp³-hybridized carbons (Fsp3) is 0.370. The van der Waals surface area contributed by atoms with E-state index in [9.17, 15) is 9.59 Å². The van der Waals surface area contributed by atoms with E-state index in [1.165, 1.54) is 0 Å². The molecule has 178 valence electrons. The van der Waals surface area contributed by atoms with Crippen molar-refractivity contribution in [1.82, 2.24) is 19.6 Å². The number of nitrogens with zero attached hydrogens (tertiary/aromatic N) is 4. The molecule has 4 rings (SSSR count). The van der Waals surface area contributed by atoms with Gasteiger partial charge in [0.15, 0.2) is 0 Å². The Morgan fingerprint density at radius 3 is 2.50 bits per heavy atom. The van der Waals surface area contributed by atoms with Crippen LogP contribution in [0.2, 0.25) is 0 Å². The van der Waals surface area contributed by atoms with Gasteiger partial charge in [0.2, 0.25) is 5.91 Å². The van der Waals surface area contributed by atoms with Gasteiger partial charge in [0.1, 0.15) is 0 Å². The summed E-state index contributed by atoms with van der Waals surface area (Å²) in [5.41, 5.74) is 5.30. The number of anilines is 1. The Hall–Kier alpha value is -3.45. The van der Waals surface area contributed by atoms with Crippen LogP contribution < -0.4 is 5.32 Å². The molecular formula is C27H33N5O2. The first-order chi connectivity index (χ1) is 16.4. The minimum absolute atomic E-state index is 0.0178. The highest BCUT2D eigenvalue weighted by atomic mass is 16.2. The first-order valence-electron chi connectivity index (χ1n) is 11.9. The average Bonchev–Trinajstić information content (AvgIpc) is 3.00. The maximum absolute atomic E-state index is 12.9. The van der Waals surface area contributed by atoms with E-state index in [0.29, 0.717) is 19.5 Å². The van der Waals surface area contributed by atoms with E-state index in [1.54, 1.807) is 0 Å². The maximum Gasteiger partial charge on any atom is 0.253 e. The van der Waals surface area contributed by atoms with Crippen molar-refractivity contribution < 1.29 is 9.59 Å². The molecule has 0 unspecified atom stereocenters. The zero-order valence-corrected chi connectivity index (χ0v) is 20.3. The molecule has 2 aromatic carbocycles. The van der Waals surface area contributed by atoms with Crippen LogP contribution in [0.4, 0.5) is 5.69 Å². The summed E-state index contributed by atoms with van der Waals surface area (Å²) in [5, 5.41) is 7.67. The fourth-order valence-electron chi connectivity index (χ4n) is 4.46. The molecule has 0 aliphatic carbocycles. The van der Waals surface area contributed by atoms with Gasteiger partial charge >= 0.3 is 0 Å². The summed E-state index contributed by atoms with van der Waals surface area (Å²) in [6.07, 6.45) is 1.31. The Kier molecular flexibility index (Phi) is 7.43. The fourth-order valence-corrected chi connectivity index (χ4v) is 4.46. The third kappa shape index (κ3) is 5.54. The summed E-state index contributed by atoms with van der Waals surface area (Å²) in [6.45, 7) is 9.63. The molecule has 1 N–H and O–H groups in total. The van der Waals surface area contributed by atoms with Crippen molar-refractivity contribution >= 4 is 17.5 Å². The van der Waals surface area contributed by atoms with Crippen molar-refractivity contribution in [3.05, 3.63) is 77.1 Å². The molecule has 0 spiro atoms. The SMILES string of the molecule is Cc1cccc(C(=O)N2CCCN(CCC(=O)Nc3c(C)nn(-c4ccccc4)c3C)CC2)c1. The molecule has 1 aliphatic heterocycles. The number of hydrogen-bond acceptors (Lipinski definition) is 4. The second kappa shape index (κ2) is 10.7. The molecule has 0 saturated carbocycles. The average molecular weight is 460 g/mol. The number of para-hydroxylation sites is 1. The predicted molar refractivity (Wildman–Crippen MR) is 134 cm³/mol. The minimum atomic E-state index is -0.0178. The molecule has 0 atom stereocenters. The topological polar surface area (TPSA) is 70.5 Å². The summed E-state index contributed by atoms with van der Waals surface area (Å²) in [7, 11) is 0. The van der Waals surface area contributed by atoms with Gasteiger partial charge in [-0.25, -0.2) is 4.68 Å². The minimum Gasteiger partial charge on any atom is -0.337 e. The lowest BCUT2D eigenvalue weighted by Crippen LogP contribution is -2.36. The summed E-state index contributed by atoms with van der Waals surface area (Å²) >= 11 is 0. The zero-order valence-electron chi connectivity index (χ0n) is 20.3. The molecule has 7 nitrogen and oxygen atoms in total.